The monoisotopic (exact) mass is 313 g/mol. The van der Waals surface area contributed by atoms with Crippen molar-refractivity contribution in [2.24, 2.45) is 0 Å². The zero-order valence-corrected chi connectivity index (χ0v) is 12.9. The van der Waals surface area contributed by atoms with Crippen LogP contribution in [-0.4, -0.2) is 24.5 Å². The third kappa shape index (κ3) is 5.47. The number of carbonyl (C=O) groups excluding carboxylic acids is 2. The van der Waals surface area contributed by atoms with Crippen LogP contribution in [0.2, 0.25) is 0 Å². The van der Waals surface area contributed by atoms with E-state index in [1.54, 1.807) is 25.1 Å². The average molecular weight is 313 g/mol. The molecule has 5 nitrogen and oxygen atoms in total. The largest absolute Gasteiger partial charge is 0.465 e. The number of nitrogens with one attached hydrogen (secondary N) is 1. The molecule has 1 aromatic carbocycles. The second kappa shape index (κ2) is 8.58. The zero-order valence-electron chi connectivity index (χ0n) is 12.9. The molecule has 1 aromatic heterocycles. The quantitative estimate of drug-likeness (QED) is 0.630. The minimum atomic E-state index is -0.730. The summed E-state index contributed by atoms with van der Waals surface area (Å²) in [5.74, 6) is -0.262. The van der Waals surface area contributed by atoms with Crippen molar-refractivity contribution < 1.29 is 18.7 Å². The van der Waals surface area contributed by atoms with Gasteiger partial charge in [0.1, 0.15) is 11.8 Å². The Morgan fingerprint density at radius 1 is 1.22 bits per heavy atom. The lowest BCUT2D eigenvalue weighted by Gasteiger charge is -2.16. The van der Waals surface area contributed by atoms with Crippen LogP contribution >= 0.6 is 0 Å². The SMILES string of the molecule is CCOC(=O)C(Cc1ccccc1)NC(=O)C=Cc1ccco1. The van der Waals surface area contributed by atoms with Crippen molar-refractivity contribution in [1.82, 2.24) is 5.32 Å². The standard InChI is InChI=1S/C18H19NO4/c1-2-22-18(21)16(13-14-7-4-3-5-8-14)19-17(20)11-10-15-9-6-12-23-15/h3-12,16H,2,13H2,1H3,(H,19,20). The van der Waals surface area contributed by atoms with Gasteiger partial charge in [0.15, 0.2) is 0 Å². The van der Waals surface area contributed by atoms with Gasteiger partial charge in [0.2, 0.25) is 5.91 Å². The van der Waals surface area contributed by atoms with Gasteiger partial charge in [-0.2, -0.15) is 0 Å². The number of hydrogen-bond donors (Lipinski definition) is 1. The number of esters is 1. The lowest BCUT2D eigenvalue weighted by Crippen LogP contribution is -2.42. The number of benzene rings is 1. The summed E-state index contributed by atoms with van der Waals surface area (Å²) in [6.45, 7) is 2.00. The van der Waals surface area contributed by atoms with E-state index in [9.17, 15) is 9.59 Å². The van der Waals surface area contributed by atoms with Crippen molar-refractivity contribution in [2.75, 3.05) is 6.61 Å². The summed E-state index contributed by atoms with van der Waals surface area (Å²) in [6, 6.07) is 12.2. The molecule has 23 heavy (non-hydrogen) atoms. The predicted octanol–water partition coefficient (Wildman–Crippen LogP) is 2.58. The van der Waals surface area contributed by atoms with E-state index >= 15 is 0 Å². The summed E-state index contributed by atoms with van der Waals surface area (Å²) < 4.78 is 10.1. The van der Waals surface area contributed by atoms with Gasteiger partial charge in [-0.25, -0.2) is 4.79 Å². The molecule has 5 heteroatoms. The Hall–Kier alpha value is -2.82. The molecular formula is C18H19NO4. The van der Waals surface area contributed by atoms with E-state index in [2.05, 4.69) is 5.32 Å². The second-order valence-corrected chi connectivity index (χ2v) is 4.85. The second-order valence-electron chi connectivity index (χ2n) is 4.85. The van der Waals surface area contributed by atoms with Crippen LogP contribution < -0.4 is 5.32 Å². The van der Waals surface area contributed by atoms with E-state index in [1.807, 2.05) is 30.3 Å². The van der Waals surface area contributed by atoms with Crippen molar-refractivity contribution in [3.63, 3.8) is 0 Å². The molecule has 0 aliphatic heterocycles. The molecule has 2 aromatic rings. The fraction of sp³-hybridized carbons (Fsp3) is 0.222. The van der Waals surface area contributed by atoms with Crippen molar-refractivity contribution in [3.8, 4) is 0 Å². The van der Waals surface area contributed by atoms with Crippen molar-refractivity contribution in [3.05, 3.63) is 66.1 Å². The number of furan rings is 1. The van der Waals surface area contributed by atoms with Crippen LogP contribution in [0.15, 0.2) is 59.2 Å². The molecule has 2 rings (SSSR count). The van der Waals surface area contributed by atoms with E-state index in [1.165, 1.54) is 12.3 Å². The van der Waals surface area contributed by atoms with Gasteiger partial charge in [0, 0.05) is 12.5 Å². The smallest absolute Gasteiger partial charge is 0.328 e. The van der Waals surface area contributed by atoms with E-state index in [-0.39, 0.29) is 12.5 Å². The summed E-state index contributed by atoms with van der Waals surface area (Å²) in [4.78, 5) is 24.0. The maximum absolute atomic E-state index is 12.0. The first kappa shape index (κ1) is 16.5. The molecule has 120 valence electrons. The Balaban J connectivity index is 2.01. The minimum Gasteiger partial charge on any atom is -0.465 e. The normalized spacial score (nSPS) is 12.0. The molecule has 0 radical (unpaired) electrons. The van der Waals surface area contributed by atoms with Gasteiger partial charge in [-0.05, 0) is 30.7 Å². The lowest BCUT2D eigenvalue weighted by molar-refractivity contribution is -0.146. The van der Waals surface area contributed by atoms with E-state index in [0.29, 0.717) is 12.2 Å². The number of carbonyl (C=O) groups is 2. The van der Waals surface area contributed by atoms with Gasteiger partial charge in [-0.3, -0.25) is 4.79 Å². The molecule has 0 saturated heterocycles. The molecule has 0 aliphatic rings. The van der Waals surface area contributed by atoms with Crippen LogP contribution in [0.3, 0.4) is 0 Å². The third-order valence-electron chi connectivity index (χ3n) is 3.11. The average Bonchev–Trinajstić information content (AvgIpc) is 3.07. The molecular weight excluding hydrogens is 294 g/mol. The van der Waals surface area contributed by atoms with Crippen LogP contribution in [0.25, 0.3) is 6.08 Å². The van der Waals surface area contributed by atoms with Gasteiger partial charge >= 0.3 is 5.97 Å². The molecule has 0 saturated carbocycles. The van der Waals surface area contributed by atoms with Crippen molar-refractivity contribution in [2.45, 2.75) is 19.4 Å². The maximum Gasteiger partial charge on any atom is 0.328 e. The fourth-order valence-corrected chi connectivity index (χ4v) is 2.05. The first-order chi connectivity index (χ1) is 11.2. The van der Waals surface area contributed by atoms with E-state index < -0.39 is 12.0 Å². The Morgan fingerprint density at radius 2 is 2.00 bits per heavy atom. The summed E-state index contributed by atoms with van der Waals surface area (Å²) in [5.41, 5.74) is 0.945. The number of hydrogen-bond acceptors (Lipinski definition) is 4. The first-order valence-electron chi connectivity index (χ1n) is 7.41. The molecule has 0 fully saturated rings. The van der Waals surface area contributed by atoms with Crippen molar-refractivity contribution in [1.29, 1.82) is 0 Å². The third-order valence-corrected chi connectivity index (χ3v) is 3.11. The van der Waals surface area contributed by atoms with Gasteiger partial charge < -0.3 is 14.5 Å². The Labute approximate surface area is 134 Å². The molecule has 0 aliphatic carbocycles. The molecule has 1 unspecified atom stereocenters. The Kier molecular flexibility index (Phi) is 6.17. The van der Waals surface area contributed by atoms with Crippen LogP contribution in [-0.2, 0) is 20.7 Å². The fourth-order valence-electron chi connectivity index (χ4n) is 2.05. The predicted molar refractivity (Wildman–Crippen MR) is 86.5 cm³/mol. The van der Waals surface area contributed by atoms with E-state index in [4.69, 9.17) is 9.15 Å². The number of ether oxygens (including phenoxy) is 1. The number of amides is 1. The van der Waals surface area contributed by atoms with Crippen molar-refractivity contribution >= 4 is 18.0 Å². The highest BCUT2D eigenvalue weighted by atomic mass is 16.5. The molecule has 0 bridgehead atoms. The topological polar surface area (TPSA) is 68.5 Å². The van der Waals surface area contributed by atoms with Gasteiger partial charge in [-0.15, -0.1) is 0 Å². The summed E-state index contributed by atoms with van der Waals surface area (Å²) in [5, 5.41) is 2.67. The first-order valence-corrected chi connectivity index (χ1v) is 7.41. The highest BCUT2D eigenvalue weighted by molar-refractivity contribution is 5.94. The van der Waals surface area contributed by atoms with Gasteiger partial charge in [-0.1, -0.05) is 30.3 Å². The molecule has 1 amide bonds. The van der Waals surface area contributed by atoms with Gasteiger partial charge in [0.25, 0.3) is 0 Å². The molecule has 1 heterocycles. The van der Waals surface area contributed by atoms with Gasteiger partial charge in [0.05, 0.1) is 12.9 Å². The van der Waals surface area contributed by atoms with Crippen LogP contribution in [0.1, 0.15) is 18.2 Å². The lowest BCUT2D eigenvalue weighted by atomic mass is 10.1. The maximum atomic E-state index is 12.0. The van der Waals surface area contributed by atoms with Crippen LogP contribution in [0, 0.1) is 0 Å². The minimum absolute atomic E-state index is 0.266. The molecule has 0 spiro atoms. The summed E-state index contributed by atoms with van der Waals surface area (Å²) in [7, 11) is 0. The molecule has 1 atom stereocenters. The Morgan fingerprint density at radius 3 is 2.65 bits per heavy atom. The van der Waals surface area contributed by atoms with E-state index in [0.717, 1.165) is 5.56 Å². The number of rotatable bonds is 7. The van der Waals surface area contributed by atoms with Crippen LogP contribution in [0.5, 0.6) is 0 Å². The Bertz CT molecular complexity index is 647. The zero-order chi connectivity index (χ0) is 16.5. The summed E-state index contributed by atoms with van der Waals surface area (Å²) in [6.07, 6.45) is 4.77. The molecule has 1 N–H and O–H groups in total. The van der Waals surface area contributed by atoms with Crippen LogP contribution in [0.4, 0.5) is 0 Å². The summed E-state index contributed by atoms with van der Waals surface area (Å²) >= 11 is 0. The highest BCUT2D eigenvalue weighted by Crippen LogP contribution is 2.06. The highest BCUT2D eigenvalue weighted by Gasteiger charge is 2.21.